The highest BCUT2D eigenvalue weighted by Gasteiger charge is 2.34. The molecule has 0 spiro atoms. The molecule has 0 radical (unpaired) electrons. The first kappa shape index (κ1) is 12.7. The zero-order valence-corrected chi connectivity index (χ0v) is 10.6. The van der Waals surface area contributed by atoms with Crippen LogP contribution in [0.1, 0.15) is 41.0 Å². The summed E-state index contributed by atoms with van der Waals surface area (Å²) >= 11 is 0. The molecule has 1 aliphatic rings. The minimum Gasteiger partial charge on any atom is -0.443 e. The van der Waals surface area contributed by atoms with E-state index in [-0.39, 0.29) is 5.91 Å². The van der Waals surface area contributed by atoms with Gasteiger partial charge in [0.15, 0.2) is 0 Å². The Morgan fingerprint density at radius 3 is 2.25 bits per heavy atom. The van der Waals surface area contributed by atoms with Gasteiger partial charge in [-0.3, -0.25) is 4.79 Å². The highest BCUT2D eigenvalue weighted by atomic mass is 16.6. The van der Waals surface area contributed by atoms with Crippen LogP contribution >= 0.6 is 0 Å². The van der Waals surface area contributed by atoms with Crippen LogP contribution in [-0.2, 0) is 9.53 Å². The van der Waals surface area contributed by atoms with Crippen molar-refractivity contribution in [2.24, 2.45) is 0 Å². The molecule has 0 atom stereocenters. The highest BCUT2D eigenvalue weighted by molar-refractivity contribution is 6.04. The van der Waals surface area contributed by atoms with Gasteiger partial charge >= 0.3 is 6.09 Å². The molecule has 0 aromatic rings. The smallest absolute Gasteiger partial charge is 0.417 e. The zero-order chi connectivity index (χ0) is 12.5. The van der Waals surface area contributed by atoms with Gasteiger partial charge in [0.05, 0.1) is 0 Å². The van der Waals surface area contributed by atoms with Gasteiger partial charge in [-0.2, -0.15) is 0 Å². The number of carbonyl (C=O) groups excluding carboxylic acids is 2. The largest absolute Gasteiger partial charge is 0.443 e. The van der Waals surface area contributed by atoms with Crippen molar-refractivity contribution in [3.8, 4) is 0 Å². The maximum Gasteiger partial charge on any atom is 0.417 e. The number of imide groups is 1. The van der Waals surface area contributed by atoms with E-state index in [1.807, 2.05) is 13.8 Å². The van der Waals surface area contributed by atoms with Crippen LogP contribution in [0.15, 0.2) is 11.1 Å². The normalized spacial score (nSPS) is 16.7. The summed E-state index contributed by atoms with van der Waals surface area (Å²) in [6, 6.07) is 0. The fraction of sp³-hybridized carbons (Fsp3) is 0.667. The Kier molecular flexibility index (Phi) is 3.41. The quantitative estimate of drug-likeness (QED) is 0.595. The van der Waals surface area contributed by atoms with E-state index in [0.717, 1.165) is 11.1 Å². The molecule has 0 aromatic heterocycles. The Labute approximate surface area is 96.3 Å². The number of amides is 2. The molecule has 4 nitrogen and oxygen atoms in total. The summed E-state index contributed by atoms with van der Waals surface area (Å²) in [5, 5.41) is 0. The van der Waals surface area contributed by atoms with Gasteiger partial charge in [-0.05, 0) is 41.0 Å². The van der Waals surface area contributed by atoms with Crippen molar-refractivity contribution in [1.29, 1.82) is 0 Å². The Morgan fingerprint density at radius 2 is 1.88 bits per heavy atom. The predicted molar refractivity (Wildman–Crippen MR) is 60.9 cm³/mol. The van der Waals surface area contributed by atoms with Crippen molar-refractivity contribution >= 4 is 12.0 Å². The first-order valence-electron chi connectivity index (χ1n) is 5.43. The van der Waals surface area contributed by atoms with Crippen LogP contribution in [0.25, 0.3) is 0 Å². The van der Waals surface area contributed by atoms with Crippen molar-refractivity contribution in [2.75, 3.05) is 6.54 Å². The molecule has 0 N–H and O–H groups in total. The fourth-order valence-corrected chi connectivity index (χ4v) is 1.55. The van der Waals surface area contributed by atoms with E-state index in [4.69, 9.17) is 4.74 Å². The first-order valence-corrected chi connectivity index (χ1v) is 5.43. The third-order valence-corrected chi connectivity index (χ3v) is 2.31. The predicted octanol–water partition coefficient (Wildman–Crippen LogP) is 2.49. The SMILES string of the molecule is CC(C)=C1CCN(C(=O)OC(C)(C)C)C1=O. The van der Waals surface area contributed by atoms with Crippen LogP contribution in [0.4, 0.5) is 4.79 Å². The standard InChI is InChI=1S/C12H19NO3/c1-8(2)9-6-7-13(10(9)14)11(15)16-12(3,4)5/h6-7H2,1-5H3. The summed E-state index contributed by atoms with van der Waals surface area (Å²) in [5.41, 5.74) is 1.13. The van der Waals surface area contributed by atoms with Crippen LogP contribution in [0.3, 0.4) is 0 Å². The number of ether oxygens (including phenoxy) is 1. The Balaban J connectivity index is 2.76. The molecule has 16 heavy (non-hydrogen) atoms. The first-order chi connectivity index (χ1) is 7.22. The summed E-state index contributed by atoms with van der Waals surface area (Å²) in [7, 11) is 0. The van der Waals surface area contributed by atoms with E-state index < -0.39 is 11.7 Å². The molecule has 1 aliphatic heterocycles. The van der Waals surface area contributed by atoms with Crippen molar-refractivity contribution in [2.45, 2.75) is 46.6 Å². The minimum absolute atomic E-state index is 0.214. The number of carbonyl (C=O) groups is 2. The maximum absolute atomic E-state index is 11.8. The molecular weight excluding hydrogens is 206 g/mol. The average Bonchev–Trinajstić information content (AvgIpc) is 2.43. The van der Waals surface area contributed by atoms with E-state index in [1.165, 1.54) is 4.90 Å². The number of likely N-dealkylation sites (tertiary alicyclic amines) is 1. The van der Waals surface area contributed by atoms with Crippen LogP contribution in [0.5, 0.6) is 0 Å². The molecule has 1 fully saturated rings. The molecular formula is C12H19NO3. The second-order valence-corrected chi connectivity index (χ2v) is 5.17. The molecule has 0 saturated carbocycles. The minimum atomic E-state index is -0.564. The van der Waals surface area contributed by atoms with Crippen LogP contribution in [0.2, 0.25) is 0 Å². The summed E-state index contributed by atoms with van der Waals surface area (Å²) in [5.74, 6) is -0.214. The molecule has 0 aromatic carbocycles. The van der Waals surface area contributed by atoms with Crippen LogP contribution in [-0.4, -0.2) is 29.0 Å². The molecule has 1 saturated heterocycles. The van der Waals surface area contributed by atoms with Gasteiger partial charge in [0.25, 0.3) is 5.91 Å². The van der Waals surface area contributed by atoms with Gasteiger partial charge < -0.3 is 4.74 Å². The van der Waals surface area contributed by atoms with Gasteiger partial charge in [0.1, 0.15) is 5.60 Å². The highest BCUT2D eigenvalue weighted by Crippen LogP contribution is 2.22. The Hall–Kier alpha value is -1.32. The maximum atomic E-state index is 11.8. The van der Waals surface area contributed by atoms with E-state index in [0.29, 0.717) is 13.0 Å². The lowest BCUT2D eigenvalue weighted by Crippen LogP contribution is -2.37. The summed E-state index contributed by atoms with van der Waals surface area (Å²) < 4.78 is 5.16. The van der Waals surface area contributed by atoms with Gasteiger partial charge in [0.2, 0.25) is 0 Å². The third-order valence-electron chi connectivity index (χ3n) is 2.31. The number of hydrogen-bond acceptors (Lipinski definition) is 3. The number of hydrogen-bond donors (Lipinski definition) is 0. The number of rotatable bonds is 0. The Morgan fingerprint density at radius 1 is 1.31 bits per heavy atom. The number of allylic oxidation sites excluding steroid dienone is 1. The van der Waals surface area contributed by atoms with Crippen LogP contribution in [0, 0.1) is 0 Å². The lowest BCUT2D eigenvalue weighted by Gasteiger charge is -2.23. The van der Waals surface area contributed by atoms with Gasteiger partial charge in [0, 0.05) is 12.1 Å². The third kappa shape index (κ3) is 2.84. The van der Waals surface area contributed by atoms with E-state index in [1.54, 1.807) is 20.8 Å². The molecule has 1 rings (SSSR count). The summed E-state index contributed by atoms with van der Waals surface area (Å²) in [4.78, 5) is 24.7. The lowest BCUT2D eigenvalue weighted by atomic mass is 10.1. The molecule has 90 valence electrons. The molecule has 1 heterocycles. The molecule has 2 amide bonds. The van der Waals surface area contributed by atoms with Gasteiger partial charge in [-0.1, -0.05) is 5.57 Å². The average molecular weight is 225 g/mol. The van der Waals surface area contributed by atoms with Crippen molar-refractivity contribution < 1.29 is 14.3 Å². The second kappa shape index (κ2) is 4.28. The fourth-order valence-electron chi connectivity index (χ4n) is 1.55. The summed E-state index contributed by atoms with van der Waals surface area (Å²) in [6.45, 7) is 9.54. The monoisotopic (exact) mass is 225 g/mol. The van der Waals surface area contributed by atoms with Crippen molar-refractivity contribution in [3.63, 3.8) is 0 Å². The van der Waals surface area contributed by atoms with Crippen molar-refractivity contribution in [1.82, 2.24) is 4.90 Å². The topological polar surface area (TPSA) is 46.6 Å². The Bertz CT molecular complexity index is 346. The van der Waals surface area contributed by atoms with Gasteiger partial charge in [-0.25, -0.2) is 9.69 Å². The molecule has 0 unspecified atom stereocenters. The molecule has 0 aliphatic carbocycles. The number of nitrogens with zero attached hydrogens (tertiary/aromatic N) is 1. The molecule has 4 heteroatoms. The van der Waals surface area contributed by atoms with Crippen LogP contribution < -0.4 is 0 Å². The molecule has 0 bridgehead atoms. The van der Waals surface area contributed by atoms with E-state index >= 15 is 0 Å². The van der Waals surface area contributed by atoms with E-state index in [2.05, 4.69) is 0 Å². The zero-order valence-electron chi connectivity index (χ0n) is 10.6. The lowest BCUT2D eigenvalue weighted by molar-refractivity contribution is -0.124. The van der Waals surface area contributed by atoms with Gasteiger partial charge in [-0.15, -0.1) is 0 Å². The van der Waals surface area contributed by atoms with Crippen molar-refractivity contribution in [3.05, 3.63) is 11.1 Å². The second-order valence-electron chi connectivity index (χ2n) is 5.17. The van der Waals surface area contributed by atoms with E-state index in [9.17, 15) is 9.59 Å². The summed E-state index contributed by atoms with van der Waals surface area (Å²) in [6.07, 6.45) is 0.0780.